The van der Waals surface area contributed by atoms with Crippen LogP contribution in [0.2, 0.25) is 0 Å². The molecule has 7 unspecified atom stereocenters. The lowest BCUT2D eigenvalue weighted by Crippen LogP contribution is -2.72. The van der Waals surface area contributed by atoms with E-state index in [1.807, 2.05) is 0 Å². The lowest BCUT2D eigenvalue weighted by Gasteiger charge is -2.77. The zero-order chi connectivity index (χ0) is 25.5. The number of hydrogen-bond donors (Lipinski definition) is 1. The van der Waals surface area contributed by atoms with Gasteiger partial charge < -0.3 is 5.11 Å². The molecule has 3 nitrogen and oxygen atoms in total. The fourth-order valence-electron chi connectivity index (χ4n) is 10.8. The Morgan fingerprint density at radius 1 is 1.03 bits per heavy atom. The smallest absolute Gasteiger partial charge is 0.292 e. The van der Waals surface area contributed by atoms with Gasteiger partial charge in [0.1, 0.15) is 11.2 Å². The Morgan fingerprint density at radius 2 is 1.81 bits per heavy atom. The van der Waals surface area contributed by atoms with Crippen LogP contribution >= 0.6 is 0 Å². The molecule has 2 saturated carbocycles. The molecule has 7 rings (SSSR count). The average molecular weight is 486 g/mol. The standard InChI is InChI=1S/C33H45N2O/c1-8-11-12-17-33-19-23-25-26(30(5,20-33)32(23,33)7)34-18-16-21-14-13-15-22-24(21)27(34)35(28(25)36)31(6,10-3)29(22,4)9-2/h13-16,18,23,28,36H,8-12,17,19-20H2,1-7H3/q+1. The predicted molar refractivity (Wildman–Crippen MR) is 148 cm³/mol. The number of nitrogens with zero attached hydrogens (tertiary/aromatic N) is 2. The summed E-state index contributed by atoms with van der Waals surface area (Å²) in [6, 6.07) is 9.22. The molecule has 0 spiro atoms. The number of benzene rings is 1. The van der Waals surface area contributed by atoms with Crippen molar-refractivity contribution >= 4 is 22.3 Å². The number of aliphatic hydroxyl groups is 1. The lowest BCUT2D eigenvalue weighted by molar-refractivity contribution is -0.584. The summed E-state index contributed by atoms with van der Waals surface area (Å²) in [7, 11) is 0. The minimum atomic E-state index is -0.535. The third-order valence-corrected chi connectivity index (χ3v) is 13.3. The molecule has 2 fully saturated rings. The number of hydrogen-bond acceptors (Lipinski definition) is 2. The van der Waals surface area contributed by atoms with Crippen LogP contribution in [-0.4, -0.2) is 16.9 Å². The maximum Gasteiger partial charge on any atom is 0.292 e. The normalized spacial score (nSPS) is 43.3. The zero-order valence-electron chi connectivity index (χ0n) is 23.5. The summed E-state index contributed by atoms with van der Waals surface area (Å²) < 4.78 is 2.57. The molecule has 2 aromatic rings. The second-order valence-corrected chi connectivity index (χ2v) is 13.8. The van der Waals surface area contributed by atoms with Crippen molar-refractivity contribution in [1.29, 1.82) is 0 Å². The van der Waals surface area contributed by atoms with Crippen molar-refractivity contribution in [3.8, 4) is 0 Å². The second kappa shape index (κ2) is 6.76. The highest BCUT2D eigenvalue weighted by molar-refractivity contribution is 5.98. The molecule has 3 heterocycles. The maximum atomic E-state index is 12.5. The molecule has 1 aromatic carbocycles. The fraction of sp³-hybridized carbons (Fsp3) is 0.667. The molecule has 36 heavy (non-hydrogen) atoms. The van der Waals surface area contributed by atoms with Gasteiger partial charge in [-0.1, -0.05) is 79.0 Å². The van der Waals surface area contributed by atoms with E-state index in [4.69, 9.17) is 0 Å². The summed E-state index contributed by atoms with van der Waals surface area (Å²) in [5.74, 6) is 1.75. The molecule has 0 bridgehead atoms. The van der Waals surface area contributed by atoms with Crippen LogP contribution in [0.5, 0.6) is 0 Å². The van der Waals surface area contributed by atoms with Gasteiger partial charge in [0.05, 0.1) is 11.6 Å². The molecule has 3 heteroatoms. The minimum Gasteiger partial charge on any atom is -0.352 e. The Labute approximate surface area is 217 Å². The van der Waals surface area contributed by atoms with E-state index in [1.54, 1.807) is 0 Å². The van der Waals surface area contributed by atoms with Crippen LogP contribution in [0, 0.1) is 22.2 Å². The highest BCUT2D eigenvalue weighted by Crippen LogP contribution is 2.89. The number of unbranched alkanes of at least 4 members (excludes halogenated alkanes) is 2. The molecule has 7 atom stereocenters. The monoisotopic (exact) mass is 485 g/mol. The number of anilines is 1. The summed E-state index contributed by atoms with van der Waals surface area (Å²) in [6.45, 7) is 17.0. The summed E-state index contributed by atoms with van der Waals surface area (Å²) >= 11 is 0. The Bertz CT molecular complexity index is 1340. The van der Waals surface area contributed by atoms with Crippen molar-refractivity contribution < 1.29 is 9.67 Å². The molecular formula is C33H45N2O+. The molecule has 1 aromatic heterocycles. The average Bonchev–Trinajstić information content (AvgIpc) is 2.96. The van der Waals surface area contributed by atoms with Crippen molar-refractivity contribution in [1.82, 2.24) is 0 Å². The van der Waals surface area contributed by atoms with Crippen LogP contribution in [0.15, 0.2) is 36.0 Å². The number of fused-ring (bicyclic) bond motifs is 3. The highest BCUT2D eigenvalue weighted by Gasteiger charge is 2.85. The van der Waals surface area contributed by atoms with Gasteiger partial charge in [-0.25, -0.2) is 9.47 Å². The van der Waals surface area contributed by atoms with Gasteiger partial charge in [-0.3, -0.25) is 0 Å². The number of rotatable bonds is 6. The third-order valence-electron chi connectivity index (χ3n) is 13.3. The largest absolute Gasteiger partial charge is 0.352 e. The van der Waals surface area contributed by atoms with E-state index in [9.17, 15) is 5.11 Å². The van der Waals surface area contributed by atoms with Gasteiger partial charge in [0.25, 0.3) is 5.82 Å². The van der Waals surface area contributed by atoms with E-state index >= 15 is 0 Å². The summed E-state index contributed by atoms with van der Waals surface area (Å²) in [5, 5.41) is 15.2. The molecule has 0 amide bonds. The number of aliphatic hydroxyl groups excluding tert-OH is 1. The van der Waals surface area contributed by atoms with Crippen LogP contribution in [-0.2, 0) is 5.41 Å². The second-order valence-electron chi connectivity index (χ2n) is 13.8. The first kappa shape index (κ1) is 23.3. The maximum absolute atomic E-state index is 12.5. The highest BCUT2D eigenvalue weighted by atomic mass is 16.3. The number of allylic oxidation sites excluding steroid dienone is 1. The van der Waals surface area contributed by atoms with E-state index in [2.05, 4.69) is 88.4 Å². The van der Waals surface area contributed by atoms with Gasteiger partial charge in [0.15, 0.2) is 0 Å². The minimum absolute atomic E-state index is 0.0403. The van der Waals surface area contributed by atoms with Crippen LogP contribution in [0.25, 0.3) is 16.5 Å². The van der Waals surface area contributed by atoms with E-state index in [0.717, 1.165) is 12.8 Å². The lowest BCUT2D eigenvalue weighted by atomic mass is 9.26. The van der Waals surface area contributed by atoms with Crippen LogP contribution in [0.3, 0.4) is 0 Å². The molecule has 2 aliphatic heterocycles. The van der Waals surface area contributed by atoms with Crippen molar-refractivity contribution in [3.63, 3.8) is 0 Å². The molecule has 3 aliphatic carbocycles. The third kappa shape index (κ3) is 2.05. The first-order valence-corrected chi connectivity index (χ1v) is 14.8. The van der Waals surface area contributed by atoms with E-state index in [-0.39, 0.29) is 21.8 Å². The van der Waals surface area contributed by atoms with Gasteiger partial charge in [-0.15, -0.1) is 0 Å². The van der Waals surface area contributed by atoms with Crippen LogP contribution in [0.1, 0.15) is 105 Å². The quantitative estimate of drug-likeness (QED) is 0.342. The van der Waals surface area contributed by atoms with Crippen molar-refractivity contribution in [2.45, 2.75) is 117 Å². The van der Waals surface area contributed by atoms with Gasteiger partial charge in [-0.05, 0) is 72.8 Å². The zero-order valence-corrected chi connectivity index (χ0v) is 23.5. The van der Waals surface area contributed by atoms with Gasteiger partial charge in [0.2, 0.25) is 6.23 Å². The first-order valence-electron chi connectivity index (χ1n) is 14.8. The van der Waals surface area contributed by atoms with Crippen molar-refractivity contribution in [2.75, 3.05) is 4.90 Å². The first-order chi connectivity index (χ1) is 17.1. The molecule has 0 saturated heterocycles. The van der Waals surface area contributed by atoms with Gasteiger partial charge >= 0.3 is 0 Å². The Hall–Kier alpha value is -1.87. The summed E-state index contributed by atoms with van der Waals surface area (Å²) in [5.41, 5.74) is 4.95. The van der Waals surface area contributed by atoms with E-state index < -0.39 is 6.23 Å². The fourth-order valence-corrected chi connectivity index (χ4v) is 10.8. The Kier molecular flexibility index (Phi) is 4.37. The van der Waals surface area contributed by atoms with Gasteiger partial charge in [0, 0.05) is 16.4 Å². The Morgan fingerprint density at radius 3 is 2.50 bits per heavy atom. The van der Waals surface area contributed by atoms with Crippen molar-refractivity contribution in [2.24, 2.45) is 22.2 Å². The van der Waals surface area contributed by atoms with E-state index in [0.29, 0.717) is 11.3 Å². The number of aromatic nitrogens is 1. The molecule has 1 N–H and O–H groups in total. The van der Waals surface area contributed by atoms with Crippen LogP contribution < -0.4 is 9.47 Å². The summed E-state index contributed by atoms with van der Waals surface area (Å²) in [4.78, 5) is 2.49. The molecule has 192 valence electrons. The van der Waals surface area contributed by atoms with Crippen LogP contribution in [0.4, 0.5) is 5.82 Å². The SMILES string of the molecule is CCCCCC12CC3C4=C([n+]5ccc6cccc7c6c5N(C4O)C(C)(CC)C7(C)CC)C(C)(C1)C32C. The Balaban J connectivity index is 1.48. The topological polar surface area (TPSA) is 27.4 Å². The molecular weight excluding hydrogens is 440 g/mol. The summed E-state index contributed by atoms with van der Waals surface area (Å²) in [6.07, 6.45) is 11.8. The van der Waals surface area contributed by atoms with Gasteiger partial charge in [-0.2, -0.15) is 0 Å². The number of pyridine rings is 1. The molecule has 0 radical (unpaired) electrons. The predicted octanol–water partition coefficient (Wildman–Crippen LogP) is 7.34. The van der Waals surface area contributed by atoms with Crippen molar-refractivity contribution in [3.05, 3.63) is 41.6 Å². The molecule has 5 aliphatic rings. The van der Waals surface area contributed by atoms with E-state index in [1.165, 1.54) is 71.9 Å².